The molecule has 0 atom stereocenters. The van der Waals surface area contributed by atoms with E-state index in [4.69, 9.17) is 4.74 Å². The lowest BCUT2D eigenvalue weighted by molar-refractivity contribution is -0.0978. The molecule has 1 aliphatic rings. The maximum Gasteiger partial charge on any atom is 0.251 e. The van der Waals surface area contributed by atoms with E-state index < -0.39 is 9.84 Å². The zero-order chi connectivity index (χ0) is 14.1. The van der Waals surface area contributed by atoms with Crippen LogP contribution in [0, 0.1) is 5.41 Å². The van der Waals surface area contributed by atoms with E-state index in [0.29, 0.717) is 25.3 Å². The molecule has 1 aliphatic heterocycles. The number of hydrogen-bond acceptors (Lipinski definition) is 4. The lowest BCUT2D eigenvalue weighted by Gasteiger charge is -2.38. The average molecular weight is 283 g/mol. The Bertz CT molecular complexity index is 573. The van der Waals surface area contributed by atoms with Gasteiger partial charge in [0, 0.05) is 23.8 Å². The van der Waals surface area contributed by atoms with Crippen LogP contribution in [0.3, 0.4) is 0 Å². The van der Waals surface area contributed by atoms with Crippen molar-refractivity contribution < 1.29 is 17.9 Å². The van der Waals surface area contributed by atoms with E-state index in [9.17, 15) is 13.2 Å². The number of benzene rings is 1. The van der Waals surface area contributed by atoms with Crippen LogP contribution in [0.15, 0.2) is 29.2 Å². The first-order valence-electron chi connectivity index (χ1n) is 5.96. The zero-order valence-corrected chi connectivity index (χ0v) is 11.8. The van der Waals surface area contributed by atoms with Crippen molar-refractivity contribution >= 4 is 15.7 Å². The molecule has 1 saturated heterocycles. The molecule has 1 N–H and O–H groups in total. The minimum absolute atomic E-state index is 0.0162. The summed E-state index contributed by atoms with van der Waals surface area (Å²) in [5.74, 6) is -0.201. The summed E-state index contributed by atoms with van der Waals surface area (Å²) in [4.78, 5) is 12.1. The molecule has 0 aromatic heterocycles. The SMILES string of the molecule is CC1(CNC(=O)c2ccc(S(C)(=O)=O)cc2)COC1. The second-order valence-electron chi connectivity index (χ2n) is 5.28. The van der Waals surface area contributed by atoms with Gasteiger partial charge in [-0.25, -0.2) is 8.42 Å². The van der Waals surface area contributed by atoms with E-state index in [0.717, 1.165) is 6.26 Å². The van der Waals surface area contributed by atoms with Crippen molar-refractivity contribution in [3.05, 3.63) is 29.8 Å². The minimum atomic E-state index is -3.22. The molecule has 1 amide bonds. The van der Waals surface area contributed by atoms with E-state index in [2.05, 4.69) is 5.32 Å². The number of carbonyl (C=O) groups is 1. The summed E-state index contributed by atoms with van der Waals surface area (Å²) in [6, 6.07) is 5.92. The molecule has 1 fully saturated rings. The Morgan fingerprint density at radius 1 is 1.32 bits per heavy atom. The summed E-state index contributed by atoms with van der Waals surface area (Å²) >= 11 is 0. The molecule has 1 aromatic rings. The fourth-order valence-corrected chi connectivity index (χ4v) is 2.43. The smallest absolute Gasteiger partial charge is 0.251 e. The van der Waals surface area contributed by atoms with Gasteiger partial charge in [0.1, 0.15) is 0 Å². The van der Waals surface area contributed by atoms with Crippen LogP contribution in [0.5, 0.6) is 0 Å². The topological polar surface area (TPSA) is 72.5 Å². The Labute approximate surface area is 112 Å². The number of ether oxygens (including phenoxy) is 1. The normalized spacial score (nSPS) is 17.6. The number of nitrogens with one attached hydrogen (secondary N) is 1. The number of sulfone groups is 1. The van der Waals surface area contributed by atoms with Gasteiger partial charge in [-0.15, -0.1) is 0 Å². The van der Waals surface area contributed by atoms with Gasteiger partial charge in [0.15, 0.2) is 9.84 Å². The van der Waals surface area contributed by atoms with Crippen molar-refractivity contribution in [2.45, 2.75) is 11.8 Å². The Balaban J connectivity index is 2.00. The summed E-state index contributed by atoms with van der Waals surface area (Å²) in [5.41, 5.74) is 0.471. The molecule has 104 valence electrons. The van der Waals surface area contributed by atoms with Crippen molar-refractivity contribution in [3.8, 4) is 0 Å². The lowest BCUT2D eigenvalue weighted by Crippen LogP contribution is -2.48. The third kappa shape index (κ3) is 3.33. The Morgan fingerprint density at radius 2 is 1.89 bits per heavy atom. The molecule has 0 unspecified atom stereocenters. The Hall–Kier alpha value is -1.40. The third-order valence-corrected chi connectivity index (χ3v) is 4.25. The van der Waals surface area contributed by atoms with E-state index in [1.54, 1.807) is 0 Å². The maximum absolute atomic E-state index is 11.9. The van der Waals surface area contributed by atoms with Gasteiger partial charge in [-0.1, -0.05) is 6.92 Å². The summed E-state index contributed by atoms with van der Waals surface area (Å²) in [6.45, 7) is 3.91. The van der Waals surface area contributed by atoms with Crippen molar-refractivity contribution in [2.24, 2.45) is 5.41 Å². The van der Waals surface area contributed by atoms with Crippen LogP contribution in [-0.2, 0) is 14.6 Å². The molecule has 6 heteroatoms. The van der Waals surface area contributed by atoms with Crippen LogP contribution in [0.4, 0.5) is 0 Å². The van der Waals surface area contributed by atoms with Crippen LogP contribution in [0.25, 0.3) is 0 Å². The number of hydrogen-bond donors (Lipinski definition) is 1. The fourth-order valence-electron chi connectivity index (χ4n) is 1.80. The molecular weight excluding hydrogens is 266 g/mol. The van der Waals surface area contributed by atoms with Crippen LogP contribution < -0.4 is 5.32 Å². The van der Waals surface area contributed by atoms with Gasteiger partial charge in [0.2, 0.25) is 0 Å². The van der Waals surface area contributed by atoms with Crippen molar-refractivity contribution in [3.63, 3.8) is 0 Å². The van der Waals surface area contributed by atoms with E-state index in [1.807, 2.05) is 6.92 Å². The van der Waals surface area contributed by atoms with Gasteiger partial charge in [-0.2, -0.15) is 0 Å². The van der Waals surface area contributed by atoms with Gasteiger partial charge in [0.05, 0.1) is 18.1 Å². The van der Waals surface area contributed by atoms with Gasteiger partial charge in [-0.05, 0) is 24.3 Å². The highest BCUT2D eigenvalue weighted by atomic mass is 32.2. The van der Waals surface area contributed by atoms with Crippen LogP contribution in [0.2, 0.25) is 0 Å². The molecule has 1 heterocycles. The first kappa shape index (κ1) is 14.0. The van der Waals surface area contributed by atoms with E-state index in [-0.39, 0.29) is 16.2 Å². The van der Waals surface area contributed by atoms with E-state index in [1.165, 1.54) is 24.3 Å². The number of amides is 1. The van der Waals surface area contributed by atoms with Gasteiger partial charge >= 0.3 is 0 Å². The fraction of sp³-hybridized carbons (Fsp3) is 0.462. The van der Waals surface area contributed by atoms with Crippen molar-refractivity contribution in [1.29, 1.82) is 0 Å². The second kappa shape index (κ2) is 4.94. The molecular formula is C13H17NO4S. The third-order valence-electron chi connectivity index (χ3n) is 3.12. The molecule has 0 bridgehead atoms. The Morgan fingerprint density at radius 3 is 2.32 bits per heavy atom. The summed E-state index contributed by atoms with van der Waals surface area (Å²) < 4.78 is 27.7. The summed E-state index contributed by atoms with van der Waals surface area (Å²) in [5, 5.41) is 2.83. The predicted molar refractivity (Wildman–Crippen MR) is 70.8 cm³/mol. The standard InChI is InChI=1S/C13H17NO4S/c1-13(8-18-9-13)7-14-12(15)10-3-5-11(6-4-10)19(2,16)17/h3-6H,7-9H2,1-2H3,(H,14,15). The molecule has 0 saturated carbocycles. The second-order valence-corrected chi connectivity index (χ2v) is 7.30. The summed E-state index contributed by atoms with van der Waals surface area (Å²) in [6.07, 6.45) is 1.14. The first-order valence-corrected chi connectivity index (χ1v) is 7.85. The lowest BCUT2D eigenvalue weighted by atomic mass is 9.89. The molecule has 0 spiro atoms. The van der Waals surface area contributed by atoms with Crippen LogP contribution >= 0.6 is 0 Å². The first-order chi connectivity index (χ1) is 8.80. The molecule has 0 radical (unpaired) electrons. The van der Waals surface area contributed by atoms with Gasteiger partial charge in [0.25, 0.3) is 5.91 Å². The molecule has 0 aliphatic carbocycles. The average Bonchev–Trinajstić information content (AvgIpc) is 2.33. The minimum Gasteiger partial charge on any atom is -0.380 e. The predicted octanol–water partition coefficient (Wildman–Crippen LogP) is 0.856. The summed E-state index contributed by atoms with van der Waals surface area (Å²) in [7, 11) is -3.22. The molecule has 2 rings (SSSR count). The van der Waals surface area contributed by atoms with Gasteiger partial charge < -0.3 is 10.1 Å². The van der Waals surface area contributed by atoms with Crippen molar-refractivity contribution in [1.82, 2.24) is 5.32 Å². The van der Waals surface area contributed by atoms with Gasteiger partial charge in [-0.3, -0.25) is 4.79 Å². The Kier molecular flexibility index (Phi) is 3.64. The molecule has 1 aromatic carbocycles. The van der Waals surface area contributed by atoms with Crippen LogP contribution in [-0.4, -0.2) is 40.3 Å². The monoisotopic (exact) mass is 283 g/mol. The maximum atomic E-state index is 11.9. The molecule has 19 heavy (non-hydrogen) atoms. The van der Waals surface area contributed by atoms with Crippen molar-refractivity contribution in [2.75, 3.05) is 26.0 Å². The number of carbonyl (C=O) groups excluding carboxylic acids is 1. The van der Waals surface area contributed by atoms with Crippen LogP contribution in [0.1, 0.15) is 17.3 Å². The highest BCUT2D eigenvalue weighted by Gasteiger charge is 2.33. The largest absolute Gasteiger partial charge is 0.380 e. The quantitative estimate of drug-likeness (QED) is 0.889. The highest BCUT2D eigenvalue weighted by Crippen LogP contribution is 2.25. The highest BCUT2D eigenvalue weighted by molar-refractivity contribution is 7.90. The van der Waals surface area contributed by atoms with E-state index >= 15 is 0 Å². The zero-order valence-electron chi connectivity index (χ0n) is 11.0. The molecule has 5 nitrogen and oxygen atoms in total. The number of rotatable bonds is 4.